The monoisotopic (exact) mass is 469 g/mol. The van der Waals surface area contributed by atoms with Crippen LogP contribution in [-0.2, 0) is 22.5 Å². The van der Waals surface area contributed by atoms with Gasteiger partial charge in [-0.1, -0.05) is 6.07 Å². The van der Waals surface area contributed by atoms with Gasteiger partial charge in [-0.3, -0.25) is 19.6 Å². The van der Waals surface area contributed by atoms with E-state index in [1.807, 2.05) is 4.90 Å². The quantitative estimate of drug-likeness (QED) is 0.572. The fraction of sp³-hybridized carbons (Fsp3) is 0.333. The van der Waals surface area contributed by atoms with Crippen molar-refractivity contribution >= 4 is 17.5 Å². The standard InChI is InChI=1S/C24H25F2N5O3/c1-16-19(23(33)29-24(28-16)30-10-12-34-13-11-30)6-8-22(32)31(15-18-4-2-3-9-27-18)21-7-5-17(25)14-20(21)26/h2-5,7,9,14H,6,8,10-13,15H2,1H3,(H,28,29,33). The maximum Gasteiger partial charge on any atom is 0.255 e. The van der Waals surface area contributed by atoms with Gasteiger partial charge in [-0.15, -0.1) is 0 Å². The van der Waals surface area contributed by atoms with Crippen molar-refractivity contribution in [3.8, 4) is 0 Å². The Morgan fingerprint density at radius 3 is 2.68 bits per heavy atom. The number of aromatic amines is 1. The molecule has 178 valence electrons. The van der Waals surface area contributed by atoms with Gasteiger partial charge in [0.2, 0.25) is 11.9 Å². The van der Waals surface area contributed by atoms with Gasteiger partial charge in [0.15, 0.2) is 0 Å². The SMILES string of the molecule is Cc1nc(N2CCOCC2)[nH]c(=O)c1CCC(=O)N(Cc1ccccn1)c1ccc(F)cc1F. The lowest BCUT2D eigenvalue weighted by Gasteiger charge is -2.27. The third kappa shape index (κ3) is 5.45. The number of benzene rings is 1. The van der Waals surface area contributed by atoms with Gasteiger partial charge in [0.1, 0.15) is 11.6 Å². The number of rotatable bonds is 7. The number of nitrogens with zero attached hydrogens (tertiary/aromatic N) is 4. The normalized spacial score (nSPS) is 13.7. The van der Waals surface area contributed by atoms with Gasteiger partial charge in [-0.2, -0.15) is 0 Å². The third-order valence-corrected chi connectivity index (χ3v) is 5.66. The van der Waals surface area contributed by atoms with Crippen LogP contribution < -0.4 is 15.4 Å². The molecule has 0 saturated carbocycles. The maximum absolute atomic E-state index is 14.5. The van der Waals surface area contributed by atoms with Crippen molar-refractivity contribution in [2.24, 2.45) is 0 Å². The number of aromatic nitrogens is 3. The van der Waals surface area contributed by atoms with Crippen LogP contribution in [0.5, 0.6) is 0 Å². The zero-order chi connectivity index (χ0) is 24.1. The predicted molar refractivity (Wildman–Crippen MR) is 123 cm³/mol. The van der Waals surface area contributed by atoms with E-state index in [-0.39, 0.29) is 30.6 Å². The second kappa shape index (κ2) is 10.5. The zero-order valence-electron chi connectivity index (χ0n) is 18.8. The van der Waals surface area contributed by atoms with Crippen LogP contribution in [0.25, 0.3) is 0 Å². The molecule has 1 fully saturated rings. The molecule has 2 aromatic heterocycles. The summed E-state index contributed by atoms with van der Waals surface area (Å²) in [6, 6.07) is 8.26. The molecular weight excluding hydrogens is 444 g/mol. The lowest BCUT2D eigenvalue weighted by Crippen LogP contribution is -2.39. The molecule has 0 unspecified atom stereocenters. The van der Waals surface area contributed by atoms with Gasteiger partial charge in [0.25, 0.3) is 5.56 Å². The number of nitrogens with one attached hydrogen (secondary N) is 1. The highest BCUT2D eigenvalue weighted by Gasteiger charge is 2.22. The van der Waals surface area contributed by atoms with E-state index in [9.17, 15) is 18.4 Å². The number of pyridine rings is 1. The Hall–Kier alpha value is -3.66. The number of halogens is 2. The lowest BCUT2D eigenvalue weighted by atomic mass is 10.1. The van der Waals surface area contributed by atoms with Crippen LogP contribution in [0.4, 0.5) is 20.4 Å². The van der Waals surface area contributed by atoms with Gasteiger partial charge in [0, 0.05) is 43.0 Å². The second-order valence-electron chi connectivity index (χ2n) is 7.95. The van der Waals surface area contributed by atoms with E-state index in [0.717, 1.165) is 12.1 Å². The summed E-state index contributed by atoms with van der Waals surface area (Å²) in [5.74, 6) is -1.53. The number of H-pyrrole nitrogens is 1. The van der Waals surface area contributed by atoms with Crippen LogP contribution in [0.15, 0.2) is 47.4 Å². The molecule has 0 bridgehead atoms. The van der Waals surface area contributed by atoms with Gasteiger partial charge < -0.3 is 14.5 Å². The molecule has 1 aliphatic rings. The summed E-state index contributed by atoms with van der Waals surface area (Å²) in [6.07, 6.45) is 1.63. The molecule has 34 heavy (non-hydrogen) atoms. The molecule has 1 aromatic carbocycles. The maximum atomic E-state index is 14.5. The molecule has 0 atom stereocenters. The number of morpholine rings is 1. The van der Waals surface area contributed by atoms with Crippen LogP contribution in [0, 0.1) is 18.6 Å². The van der Waals surface area contributed by atoms with Crippen molar-refractivity contribution < 1.29 is 18.3 Å². The van der Waals surface area contributed by atoms with E-state index in [2.05, 4.69) is 15.0 Å². The first kappa shape index (κ1) is 23.5. The van der Waals surface area contributed by atoms with Gasteiger partial charge in [-0.25, -0.2) is 13.8 Å². The van der Waals surface area contributed by atoms with Crippen LogP contribution in [0.1, 0.15) is 23.4 Å². The van der Waals surface area contributed by atoms with Gasteiger partial charge in [-0.05, 0) is 37.6 Å². The first-order valence-electron chi connectivity index (χ1n) is 11.0. The minimum atomic E-state index is -0.852. The Morgan fingerprint density at radius 2 is 2.00 bits per heavy atom. The minimum absolute atomic E-state index is 0.00574. The number of anilines is 2. The Balaban J connectivity index is 1.54. The number of aryl methyl sites for hydroxylation is 1. The first-order chi connectivity index (χ1) is 16.4. The van der Waals surface area contributed by atoms with Crippen molar-refractivity contribution in [3.63, 3.8) is 0 Å². The van der Waals surface area contributed by atoms with E-state index in [1.165, 1.54) is 11.0 Å². The highest BCUT2D eigenvalue weighted by atomic mass is 19.1. The highest BCUT2D eigenvalue weighted by Crippen LogP contribution is 2.23. The summed E-state index contributed by atoms with van der Waals surface area (Å²) in [5, 5.41) is 0. The highest BCUT2D eigenvalue weighted by molar-refractivity contribution is 5.93. The summed E-state index contributed by atoms with van der Waals surface area (Å²) < 4.78 is 33.3. The molecule has 1 aliphatic heterocycles. The molecule has 0 aliphatic carbocycles. The number of hydrogen-bond acceptors (Lipinski definition) is 6. The van der Waals surface area contributed by atoms with Crippen LogP contribution in [-0.4, -0.2) is 47.2 Å². The van der Waals surface area contributed by atoms with E-state index >= 15 is 0 Å². The predicted octanol–water partition coefficient (Wildman–Crippen LogP) is 2.75. The lowest BCUT2D eigenvalue weighted by molar-refractivity contribution is -0.118. The Labute approximate surface area is 195 Å². The fourth-order valence-corrected chi connectivity index (χ4v) is 3.84. The summed E-state index contributed by atoms with van der Waals surface area (Å²) in [7, 11) is 0. The molecule has 0 spiro atoms. The molecular formula is C24H25F2N5O3. The molecule has 4 rings (SSSR count). The Bertz CT molecular complexity index is 1210. The van der Waals surface area contributed by atoms with E-state index in [0.29, 0.717) is 49.2 Å². The smallest absolute Gasteiger partial charge is 0.255 e. The van der Waals surface area contributed by atoms with Gasteiger partial charge >= 0.3 is 0 Å². The topological polar surface area (TPSA) is 91.4 Å². The van der Waals surface area contributed by atoms with E-state index < -0.39 is 17.5 Å². The number of ether oxygens (including phenoxy) is 1. The average molecular weight is 469 g/mol. The number of hydrogen-bond donors (Lipinski definition) is 1. The number of carbonyl (C=O) groups excluding carboxylic acids is 1. The summed E-state index contributed by atoms with van der Waals surface area (Å²) in [4.78, 5) is 40.6. The van der Waals surface area contributed by atoms with Crippen molar-refractivity contribution in [2.45, 2.75) is 26.3 Å². The second-order valence-corrected chi connectivity index (χ2v) is 7.95. The number of amides is 1. The van der Waals surface area contributed by atoms with E-state index in [4.69, 9.17) is 4.74 Å². The molecule has 3 aromatic rings. The molecule has 1 amide bonds. The van der Waals surface area contributed by atoms with Crippen molar-refractivity contribution in [1.29, 1.82) is 0 Å². The summed E-state index contributed by atoms with van der Waals surface area (Å²) in [5.41, 5.74) is 1.10. The van der Waals surface area contributed by atoms with Gasteiger partial charge in [0.05, 0.1) is 31.1 Å². The minimum Gasteiger partial charge on any atom is -0.378 e. The molecule has 1 N–H and O–H groups in total. The average Bonchev–Trinajstić information content (AvgIpc) is 2.83. The summed E-state index contributed by atoms with van der Waals surface area (Å²) >= 11 is 0. The Morgan fingerprint density at radius 1 is 1.21 bits per heavy atom. The van der Waals surface area contributed by atoms with Crippen LogP contribution in [0.3, 0.4) is 0 Å². The van der Waals surface area contributed by atoms with Crippen molar-refractivity contribution in [1.82, 2.24) is 15.0 Å². The van der Waals surface area contributed by atoms with Crippen molar-refractivity contribution in [3.05, 3.63) is 81.5 Å². The molecule has 3 heterocycles. The molecule has 0 radical (unpaired) electrons. The molecule has 8 nitrogen and oxygen atoms in total. The Kier molecular flexibility index (Phi) is 7.27. The molecule has 10 heteroatoms. The first-order valence-corrected chi connectivity index (χ1v) is 11.0. The summed E-state index contributed by atoms with van der Waals surface area (Å²) in [6.45, 7) is 4.12. The van der Waals surface area contributed by atoms with Crippen molar-refractivity contribution in [2.75, 3.05) is 36.1 Å². The van der Waals surface area contributed by atoms with E-state index in [1.54, 1.807) is 31.3 Å². The number of carbonyl (C=O) groups is 1. The third-order valence-electron chi connectivity index (χ3n) is 5.66. The zero-order valence-corrected chi connectivity index (χ0v) is 18.8. The molecule has 1 saturated heterocycles. The fourth-order valence-electron chi connectivity index (χ4n) is 3.84. The van der Waals surface area contributed by atoms with Crippen LogP contribution in [0.2, 0.25) is 0 Å². The van der Waals surface area contributed by atoms with Crippen LogP contribution >= 0.6 is 0 Å². The largest absolute Gasteiger partial charge is 0.378 e.